The second-order valence-electron chi connectivity index (χ2n) is 2.98. The fourth-order valence-corrected chi connectivity index (χ4v) is 2.26. The molecule has 13 heavy (non-hydrogen) atoms. The highest BCUT2D eigenvalue weighted by Gasteiger charge is 1.99. The molecule has 0 saturated heterocycles. The summed E-state index contributed by atoms with van der Waals surface area (Å²) in [5, 5.41) is 0. The van der Waals surface area contributed by atoms with Gasteiger partial charge in [0.1, 0.15) is 0 Å². The van der Waals surface area contributed by atoms with Crippen molar-refractivity contribution in [2.45, 2.75) is 11.3 Å². The van der Waals surface area contributed by atoms with Crippen molar-refractivity contribution in [3.63, 3.8) is 0 Å². The molecule has 1 heteroatoms. The molecule has 66 valence electrons. The Morgan fingerprint density at radius 3 is 2.85 bits per heavy atom. The topological polar surface area (TPSA) is 0 Å². The van der Waals surface area contributed by atoms with Gasteiger partial charge in [-0.2, -0.15) is 0 Å². The van der Waals surface area contributed by atoms with E-state index >= 15 is 0 Å². The third kappa shape index (κ3) is 2.25. The van der Waals surface area contributed by atoms with E-state index in [0.717, 1.165) is 12.2 Å². The maximum absolute atomic E-state index is 2.21. The van der Waals surface area contributed by atoms with Crippen LogP contribution in [0, 0.1) is 0 Å². The number of hydrogen-bond acceptors (Lipinski definition) is 1. The van der Waals surface area contributed by atoms with Gasteiger partial charge in [-0.05, 0) is 18.1 Å². The van der Waals surface area contributed by atoms with Crippen LogP contribution in [0.3, 0.4) is 0 Å². The van der Waals surface area contributed by atoms with Crippen molar-refractivity contribution in [2.24, 2.45) is 0 Å². The van der Waals surface area contributed by atoms with Gasteiger partial charge < -0.3 is 0 Å². The van der Waals surface area contributed by atoms with E-state index in [9.17, 15) is 0 Å². The summed E-state index contributed by atoms with van der Waals surface area (Å²) < 4.78 is 0. The smallest absolute Gasteiger partial charge is 0.0164 e. The van der Waals surface area contributed by atoms with Gasteiger partial charge in [0.25, 0.3) is 0 Å². The zero-order chi connectivity index (χ0) is 8.93. The van der Waals surface area contributed by atoms with Crippen molar-refractivity contribution < 1.29 is 0 Å². The molecule has 0 fully saturated rings. The van der Waals surface area contributed by atoms with E-state index in [0.29, 0.717) is 0 Å². The van der Waals surface area contributed by atoms with Crippen LogP contribution in [-0.4, -0.2) is 5.75 Å². The average molecular weight is 188 g/mol. The zero-order valence-electron chi connectivity index (χ0n) is 7.44. The quantitative estimate of drug-likeness (QED) is 0.601. The molecule has 0 aliphatic carbocycles. The normalized spacial score (nSPS) is 15.7. The third-order valence-corrected chi connectivity index (χ3v) is 3.10. The van der Waals surface area contributed by atoms with Gasteiger partial charge in [0.2, 0.25) is 0 Å². The van der Waals surface area contributed by atoms with E-state index in [2.05, 4.69) is 48.6 Å². The summed E-state index contributed by atoms with van der Waals surface area (Å²) in [5.74, 6) is 1.07. The Bertz CT molecular complexity index is 337. The molecule has 1 aliphatic rings. The molecule has 0 amide bonds. The maximum Gasteiger partial charge on any atom is 0.0164 e. The largest absolute Gasteiger partial charge is 0.122 e. The van der Waals surface area contributed by atoms with Crippen molar-refractivity contribution in [3.05, 3.63) is 54.1 Å². The van der Waals surface area contributed by atoms with Crippen LogP contribution in [0.2, 0.25) is 0 Å². The molecule has 0 saturated carbocycles. The molecule has 1 aromatic rings. The van der Waals surface area contributed by atoms with Crippen LogP contribution >= 0.6 is 11.8 Å². The van der Waals surface area contributed by atoms with Gasteiger partial charge in [0.15, 0.2) is 0 Å². The van der Waals surface area contributed by atoms with Gasteiger partial charge in [-0.1, -0.05) is 42.5 Å². The molecule has 1 heterocycles. The molecule has 0 aromatic heterocycles. The Kier molecular flexibility index (Phi) is 2.88. The van der Waals surface area contributed by atoms with Crippen LogP contribution in [0.1, 0.15) is 5.56 Å². The number of fused-ring (bicyclic) bond motifs is 1. The second kappa shape index (κ2) is 4.33. The highest BCUT2D eigenvalue weighted by Crippen LogP contribution is 2.23. The molecule has 0 nitrogen and oxygen atoms in total. The lowest BCUT2D eigenvalue weighted by molar-refractivity contribution is 1.18. The van der Waals surface area contributed by atoms with Crippen LogP contribution in [0.4, 0.5) is 0 Å². The van der Waals surface area contributed by atoms with Crippen LogP contribution in [0.5, 0.6) is 0 Å². The predicted octanol–water partition coefficient (Wildman–Crippen LogP) is 3.45. The first kappa shape index (κ1) is 8.64. The second-order valence-corrected chi connectivity index (χ2v) is 4.04. The molecule has 0 radical (unpaired) electrons. The molecule has 1 aromatic carbocycles. The molecule has 0 atom stereocenters. The Labute approximate surface area is 83.4 Å². The first-order chi connectivity index (χ1) is 6.47. The molecule has 0 N–H and O–H groups in total. The fourth-order valence-electron chi connectivity index (χ4n) is 1.36. The number of thioether (sulfide) groups is 1. The molecule has 1 aliphatic heterocycles. The Balaban J connectivity index is 2.31. The summed E-state index contributed by atoms with van der Waals surface area (Å²) in [4.78, 5) is 1.42. The summed E-state index contributed by atoms with van der Waals surface area (Å²) in [7, 11) is 0. The number of benzene rings is 1. The van der Waals surface area contributed by atoms with Gasteiger partial charge in [-0.3, -0.25) is 0 Å². The molecule has 0 unspecified atom stereocenters. The molecular weight excluding hydrogens is 176 g/mol. The summed E-state index contributed by atoms with van der Waals surface area (Å²) in [5.41, 5.74) is 1.44. The summed E-state index contributed by atoms with van der Waals surface area (Å²) in [6.07, 6.45) is 9.71. The van der Waals surface area contributed by atoms with E-state index in [4.69, 9.17) is 0 Å². The number of hydrogen-bond donors (Lipinski definition) is 0. The number of rotatable bonds is 0. The van der Waals surface area contributed by atoms with Crippen LogP contribution in [0.25, 0.3) is 0 Å². The standard InChI is InChI=1S/C12H12S/c1-2-6-10-13-12-9-5-4-8-11(12)7-3-1/h1-6,8-9H,7,10H2. The zero-order valence-corrected chi connectivity index (χ0v) is 8.26. The van der Waals surface area contributed by atoms with Crippen molar-refractivity contribution in [3.8, 4) is 0 Å². The van der Waals surface area contributed by atoms with Crippen LogP contribution in [0.15, 0.2) is 53.5 Å². The van der Waals surface area contributed by atoms with Crippen LogP contribution in [-0.2, 0) is 6.42 Å². The number of allylic oxidation sites excluding steroid dienone is 3. The van der Waals surface area contributed by atoms with Gasteiger partial charge in [0.05, 0.1) is 0 Å². The first-order valence-corrected chi connectivity index (χ1v) is 5.48. The third-order valence-electron chi connectivity index (χ3n) is 2.03. The van der Waals surface area contributed by atoms with Crippen molar-refractivity contribution >= 4 is 11.8 Å². The molecular formula is C12H12S. The van der Waals surface area contributed by atoms with E-state index in [1.165, 1.54) is 10.5 Å². The molecule has 2 rings (SSSR count). The maximum atomic E-state index is 2.21. The Hall–Kier alpha value is -0.950. The summed E-state index contributed by atoms with van der Waals surface area (Å²) >= 11 is 1.91. The van der Waals surface area contributed by atoms with Gasteiger partial charge in [-0.25, -0.2) is 0 Å². The highest BCUT2D eigenvalue weighted by atomic mass is 32.2. The summed E-state index contributed by atoms with van der Waals surface area (Å²) in [6.45, 7) is 0. The first-order valence-electron chi connectivity index (χ1n) is 4.49. The van der Waals surface area contributed by atoms with Gasteiger partial charge in [0, 0.05) is 10.6 Å². The van der Waals surface area contributed by atoms with Crippen LogP contribution < -0.4 is 0 Å². The molecule has 0 spiro atoms. The van der Waals surface area contributed by atoms with E-state index in [1.54, 1.807) is 0 Å². The minimum atomic E-state index is 1.05. The van der Waals surface area contributed by atoms with E-state index in [1.807, 2.05) is 11.8 Å². The van der Waals surface area contributed by atoms with Gasteiger partial charge in [-0.15, -0.1) is 11.8 Å². The SMILES string of the molecule is C1=CCSc2ccccc2CC=C1. The Morgan fingerprint density at radius 1 is 1.00 bits per heavy atom. The molecule has 0 bridgehead atoms. The fraction of sp³-hybridized carbons (Fsp3) is 0.167. The average Bonchev–Trinajstić information content (AvgIpc) is 2.28. The lowest BCUT2D eigenvalue weighted by Crippen LogP contribution is -1.84. The van der Waals surface area contributed by atoms with Crippen molar-refractivity contribution in [2.75, 3.05) is 5.75 Å². The minimum Gasteiger partial charge on any atom is -0.122 e. The van der Waals surface area contributed by atoms with E-state index < -0.39 is 0 Å². The predicted molar refractivity (Wildman–Crippen MR) is 59.2 cm³/mol. The summed E-state index contributed by atoms with van der Waals surface area (Å²) in [6, 6.07) is 8.63. The minimum absolute atomic E-state index is 1.05. The van der Waals surface area contributed by atoms with Crippen molar-refractivity contribution in [1.82, 2.24) is 0 Å². The van der Waals surface area contributed by atoms with E-state index in [-0.39, 0.29) is 0 Å². The van der Waals surface area contributed by atoms with Gasteiger partial charge >= 0.3 is 0 Å². The highest BCUT2D eigenvalue weighted by molar-refractivity contribution is 7.99. The monoisotopic (exact) mass is 188 g/mol. The van der Waals surface area contributed by atoms with Crippen molar-refractivity contribution in [1.29, 1.82) is 0 Å². The Morgan fingerprint density at radius 2 is 1.85 bits per heavy atom. The lowest BCUT2D eigenvalue weighted by Gasteiger charge is -2.04. The lowest BCUT2D eigenvalue weighted by atomic mass is 10.1.